The number of nitrogens with one attached hydrogen (secondary N) is 1. The molecule has 6 rings (SSSR count). The zero-order valence-corrected chi connectivity index (χ0v) is 20.7. The summed E-state index contributed by atoms with van der Waals surface area (Å²) < 4.78 is 5.83. The number of nitrogens with zero attached hydrogens (tertiary/aromatic N) is 1. The van der Waals surface area contributed by atoms with Crippen molar-refractivity contribution in [2.75, 3.05) is 13.2 Å². The second-order valence-corrected chi connectivity index (χ2v) is 11.2. The van der Waals surface area contributed by atoms with Crippen molar-refractivity contribution >= 4 is 34.9 Å². The zero-order valence-electron chi connectivity index (χ0n) is 19.1. The Labute approximate surface area is 211 Å². The molecule has 0 saturated heterocycles. The van der Waals surface area contributed by atoms with Crippen molar-refractivity contribution in [1.82, 2.24) is 5.32 Å². The van der Waals surface area contributed by atoms with Crippen LogP contribution in [0.2, 0.25) is 10.0 Å². The molecule has 2 aromatic rings. The van der Waals surface area contributed by atoms with Crippen LogP contribution in [0.1, 0.15) is 49.7 Å². The summed E-state index contributed by atoms with van der Waals surface area (Å²) in [6.45, 7) is 0.823. The summed E-state index contributed by atoms with van der Waals surface area (Å²) in [6, 6.07) is 14.9. The second-order valence-electron chi connectivity index (χ2n) is 10.4. The quantitative estimate of drug-likeness (QED) is 0.329. The minimum atomic E-state index is -0.549. The van der Waals surface area contributed by atoms with Gasteiger partial charge in [0.05, 0.1) is 21.7 Å². The molecule has 34 heavy (non-hydrogen) atoms. The minimum Gasteiger partial charge on any atom is -0.491 e. The first-order chi connectivity index (χ1) is 16.4. The van der Waals surface area contributed by atoms with Gasteiger partial charge in [0.25, 0.3) is 0 Å². The maximum absolute atomic E-state index is 10.5. The molecule has 4 aliphatic carbocycles. The van der Waals surface area contributed by atoms with E-state index in [9.17, 15) is 10.4 Å². The Morgan fingerprint density at radius 2 is 1.71 bits per heavy atom. The van der Waals surface area contributed by atoms with Gasteiger partial charge in [-0.05, 0) is 97.7 Å². The summed E-state index contributed by atoms with van der Waals surface area (Å²) in [6.07, 6.45) is 9.32. The number of allylic oxidation sites excluding steroid dienone is 1. The molecule has 6 heteroatoms. The molecular weight excluding hydrogens is 467 g/mol. The van der Waals surface area contributed by atoms with E-state index in [0.717, 1.165) is 23.3 Å². The van der Waals surface area contributed by atoms with E-state index in [1.165, 1.54) is 38.5 Å². The van der Waals surface area contributed by atoms with Crippen molar-refractivity contribution in [2.45, 2.75) is 50.2 Å². The Morgan fingerprint density at radius 3 is 2.29 bits per heavy atom. The Balaban J connectivity index is 1.13. The van der Waals surface area contributed by atoms with Gasteiger partial charge in [-0.25, -0.2) is 0 Å². The average molecular weight is 497 g/mol. The zero-order chi connectivity index (χ0) is 23.7. The number of hydrogen-bond acceptors (Lipinski definition) is 4. The Hall–Kier alpha value is -2.03. The van der Waals surface area contributed by atoms with Crippen LogP contribution in [0.4, 0.5) is 0 Å². The molecule has 0 radical (unpaired) electrons. The third kappa shape index (κ3) is 5.29. The molecule has 4 bridgehead atoms. The Kier molecular flexibility index (Phi) is 6.91. The molecule has 0 aliphatic heterocycles. The van der Waals surface area contributed by atoms with Crippen molar-refractivity contribution < 1.29 is 9.84 Å². The first-order valence-electron chi connectivity index (χ1n) is 12.1. The lowest BCUT2D eigenvalue weighted by atomic mass is 9.53. The first kappa shape index (κ1) is 23.7. The SMILES string of the molecule is N#C/C(=C\c1ccc(OCC(O)CNC23CC4CC(CC(C4)C2)C3)cc1)c1ccc(Cl)c(Cl)c1. The first-order valence-corrected chi connectivity index (χ1v) is 12.9. The summed E-state index contributed by atoms with van der Waals surface area (Å²) in [7, 11) is 0. The van der Waals surface area contributed by atoms with Crippen LogP contribution in [0.3, 0.4) is 0 Å². The highest BCUT2D eigenvalue weighted by Gasteiger charge is 2.50. The predicted molar refractivity (Wildman–Crippen MR) is 137 cm³/mol. The van der Waals surface area contributed by atoms with Crippen LogP contribution in [0.5, 0.6) is 5.75 Å². The van der Waals surface area contributed by atoms with Crippen LogP contribution < -0.4 is 10.1 Å². The van der Waals surface area contributed by atoms with Gasteiger partial charge >= 0.3 is 0 Å². The van der Waals surface area contributed by atoms with Crippen LogP contribution in [-0.4, -0.2) is 29.9 Å². The van der Waals surface area contributed by atoms with E-state index in [2.05, 4.69) is 11.4 Å². The highest BCUT2D eigenvalue weighted by atomic mass is 35.5. The van der Waals surface area contributed by atoms with Crippen molar-refractivity contribution in [3.05, 3.63) is 63.6 Å². The number of benzene rings is 2. The summed E-state index contributed by atoms with van der Waals surface area (Å²) in [5, 5.41) is 24.7. The molecule has 1 unspecified atom stereocenters. The number of ether oxygens (including phenoxy) is 1. The lowest BCUT2D eigenvalue weighted by Crippen LogP contribution is -2.59. The summed E-state index contributed by atoms with van der Waals surface area (Å²) in [4.78, 5) is 0. The maximum atomic E-state index is 10.5. The van der Waals surface area contributed by atoms with Crippen LogP contribution in [0.25, 0.3) is 11.6 Å². The predicted octanol–water partition coefficient (Wildman–Crippen LogP) is 6.36. The van der Waals surface area contributed by atoms with Crippen LogP contribution in [-0.2, 0) is 0 Å². The van der Waals surface area contributed by atoms with Crippen molar-refractivity contribution in [3.8, 4) is 11.8 Å². The van der Waals surface area contributed by atoms with Gasteiger partial charge in [0, 0.05) is 12.1 Å². The fourth-order valence-corrected chi connectivity index (χ4v) is 6.88. The monoisotopic (exact) mass is 496 g/mol. The number of nitriles is 1. The molecule has 178 valence electrons. The summed E-state index contributed by atoms with van der Waals surface area (Å²) in [5.74, 6) is 3.35. The largest absolute Gasteiger partial charge is 0.491 e. The minimum absolute atomic E-state index is 0.247. The standard InChI is InChI=1S/C28H30Cl2N2O2/c29-26-6-3-22(11-27(26)30)23(15-31)10-18-1-4-25(5-2-18)34-17-24(33)16-32-28-12-19-7-20(13-28)9-21(8-19)14-28/h1-6,10-11,19-21,24,32-33H,7-9,12-14,16-17H2/b23-10+. The molecule has 4 fully saturated rings. The summed E-state index contributed by atoms with van der Waals surface area (Å²) >= 11 is 12.1. The number of β-amino-alcohol motifs (C(OH)–C–C–N with tert-alkyl or cyclic N) is 1. The fraction of sp³-hybridized carbons (Fsp3) is 0.464. The highest BCUT2D eigenvalue weighted by molar-refractivity contribution is 6.42. The van der Waals surface area contributed by atoms with Crippen LogP contribution in [0.15, 0.2) is 42.5 Å². The Morgan fingerprint density at radius 1 is 1.06 bits per heavy atom. The van der Waals surface area contributed by atoms with Gasteiger partial charge in [-0.15, -0.1) is 0 Å². The number of hydrogen-bond donors (Lipinski definition) is 2. The van der Waals surface area contributed by atoms with Crippen molar-refractivity contribution in [2.24, 2.45) is 17.8 Å². The average Bonchev–Trinajstić information content (AvgIpc) is 2.82. The number of aliphatic hydroxyl groups is 1. The van der Waals surface area contributed by atoms with Gasteiger partial charge in [0.1, 0.15) is 18.5 Å². The Bertz CT molecular complexity index is 1070. The molecule has 0 spiro atoms. The molecule has 0 heterocycles. The van der Waals surface area contributed by atoms with Gasteiger partial charge in [-0.2, -0.15) is 5.26 Å². The second kappa shape index (κ2) is 9.91. The molecule has 1 atom stereocenters. The lowest BCUT2D eigenvalue weighted by Gasteiger charge is -2.57. The number of rotatable bonds is 8. The molecule has 4 nitrogen and oxygen atoms in total. The number of halogens is 2. The van der Waals surface area contributed by atoms with E-state index in [1.54, 1.807) is 24.3 Å². The molecule has 4 saturated carbocycles. The third-order valence-corrected chi connectivity index (χ3v) is 8.47. The third-order valence-electron chi connectivity index (χ3n) is 7.74. The molecule has 2 aromatic carbocycles. The lowest BCUT2D eigenvalue weighted by molar-refractivity contribution is -0.0266. The smallest absolute Gasteiger partial charge is 0.119 e. The van der Waals surface area contributed by atoms with E-state index in [1.807, 2.05) is 24.3 Å². The number of aliphatic hydroxyl groups excluding tert-OH is 1. The van der Waals surface area contributed by atoms with E-state index in [-0.39, 0.29) is 12.1 Å². The van der Waals surface area contributed by atoms with Crippen LogP contribution in [0, 0.1) is 29.1 Å². The highest BCUT2D eigenvalue weighted by Crippen LogP contribution is 2.55. The van der Waals surface area contributed by atoms with Gasteiger partial charge < -0.3 is 15.2 Å². The van der Waals surface area contributed by atoms with Crippen molar-refractivity contribution in [3.63, 3.8) is 0 Å². The fourth-order valence-electron chi connectivity index (χ4n) is 6.58. The van der Waals surface area contributed by atoms with Gasteiger partial charge in [0.15, 0.2) is 0 Å². The van der Waals surface area contributed by atoms with Gasteiger partial charge in [0.2, 0.25) is 0 Å². The molecule has 0 aromatic heterocycles. The van der Waals surface area contributed by atoms with Gasteiger partial charge in [-0.3, -0.25) is 0 Å². The van der Waals surface area contributed by atoms with E-state index in [4.69, 9.17) is 27.9 Å². The van der Waals surface area contributed by atoms with Crippen molar-refractivity contribution in [1.29, 1.82) is 5.26 Å². The molecule has 4 aliphatic rings. The normalized spacial score (nSPS) is 28.5. The van der Waals surface area contributed by atoms with E-state index < -0.39 is 6.10 Å². The maximum Gasteiger partial charge on any atom is 0.119 e. The van der Waals surface area contributed by atoms with E-state index in [0.29, 0.717) is 33.5 Å². The molecular formula is C28H30Cl2N2O2. The van der Waals surface area contributed by atoms with Gasteiger partial charge in [-0.1, -0.05) is 41.4 Å². The van der Waals surface area contributed by atoms with E-state index >= 15 is 0 Å². The summed E-state index contributed by atoms with van der Waals surface area (Å²) in [5.41, 5.74) is 2.33. The molecule has 2 N–H and O–H groups in total. The van der Waals surface area contributed by atoms with Crippen LogP contribution >= 0.6 is 23.2 Å². The molecule has 0 amide bonds. The topological polar surface area (TPSA) is 65.3 Å².